The summed E-state index contributed by atoms with van der Waals surface area (Å²) in [5, 5.41) is 14.5. The number of rotatable bonds is 10. The van der Waals surface area contributed by atoms with E-state index in [0.29, 0.717) is 28.2 Å². The summed E-state index contributed by atoms with van der Waals surface area (Å²) in [6.07, 6.45) is -7.93. The third-order valence-corrected chi connectivity index (χ3v) is 8.31. The second kappa shape index (κ2) is 14.8. The normalized spacial score (nSPS) is 20.1. The Morgan fingerprint density at radius 3 is 1.80 bits per heavy atom. The van der Waals surface area contributed by atoms with E-state index in [0.717, 1.165) is 10.8 Å². The van der Waals surface area contributed by atoms with Gasteiger partial charge in [-0.2, -0.15) is 0 Å². The van der Waals surface area contributed by atoms with Crippen LogP contribution in [0.25, 0.3) is 21.8 Å². The number of fused-ring (bicyclic) bond motifs is 2. The number of hydrogen-bond acceptors (Lipinski definition) is 10. The van der Waals surface area contributed by atoms with Gasteiger partial charge in [0.25, 0.3) is 0 Å². The number of amides is 1. The first-order valence-corrected chi connectivity index (χ1v) is 16.1. The number of nitrogens with one attached hydrogen (secondary N) is 3. The van der Waals surface area contributed by atoms with Crippen molar-refractivity contribution in [3.8, 4) is 11.5 Å². The molecular formula is C38H33N3O10. The van der Waals surface area contributed by atoms with Gasteiger partial charge < -0.3 is 43.5 Å². The number of carbonyl (C=O) groups is 3. The zero-order valence-electron chi connectivity index (χ0n) is 27.2. The fraction of sp³-hybridized carbons (Fsp3) is 0.184. The van der Waals surface area contributed by atoms with Crippen molar-refractivity contribution in [1.29, 1.82) is 0 Å². The predicted molar refractivity (Wildman–Crippen MR) is 185 cm³/mol. The second-order valence-electron chi connectivity index (χ2n) is 11.7. The Hall–Kier alpha value is -6.15. The Morgan fingerprint density at radius 1 is 0.686 bits per heavy atom. The third-order valence-electron chi connectivity index (χ3n) is 8.31. The van der Waals surface area contributed by atoms with E-state index in [4.69, 9.17) is 28.4 Å². The maximum atomic E-state index is 13.7. The molecule has 1 aliphatic heterocycles. The number of aliphatic hydroxyl groups excluding tert-OH is 1. The van der Waals surface area contributed by atoms with Crippen molar-refractivity contribution in [2.45, 2.75) is 30.7 Å². The summed E-state index contributed by atoms with van der Waals surface area (Å²) < 4.78 is 34.9. The molecule has 0 saturated carbocycles. The molecule has 1 fully saturated rings. The minimum Gasteiger partial charge on any atom is -0.457 e. The van der Waals surface area contributed by atoms with Crippen molar-refractivity contribution in [3.63, 3.8) is 0 Å². The van der Waals surface area contributed by atoms with Crippen LogP contribution in [0.15, 0.2) is 115 Å². The zero-order chi connectivity index (χ0) is 35.3. The van der Waals surface area contributed by atoms with Crippen LogP contribution in [0.3, 0.4) is 0 Å². The molecule has 4 aromatic carbocycles. The molecule has 0 radical (unpaired) electrons. The number of aromatic nitrogens is 2. The van der Waals surface area contributed by atoms with E-state index in [1.807, 2.05) is 66.7 Å². The van der Waals surface area contributed by atoms with Gasteiger partial charge in [0.15, 0.2) is 24.6 Å². The lowest BCUT2D eigenvalue weighted by Gasteiger charge is -2.43. The number of benzene rings is 4. The van der Waals surface area contributed by atoms with Gasteiger partial charge in [0.1, 0.15) is 29.0 Å². The fourth-order valence-corrected chi connectivity index (χ4v) is 5.86. The van der Waals surface area contributed by atoms with Crippen LogP contribution >= 0.6 is 0 Å². The summed E-state index contributed by atoms with van der Waals surface area (Å²) in [6.45, 7) is -0.660. The van der Waals surface area contributed by atoms with E-state index >= 15 is 0 Å². The highest BCUT2D eigenvalue weighted by Crippen LogP contribution is 2.31. The summed E-state index contributed by atoms with van der Waals surface area (Å²) in [5.41, 5.74) is 1.96. The molecule has 0 unspecified atom stereocenters. The van der Waals surface area contributed by atoms with E-state index < -0.39 is 55.3 Å². The molecule has 0 spiro atoms. The van der Waals surface area contributed by atoms with Gasteiger partial charge >= 0.3 is 18.0 Å². The summed E-state index contributed by atoms with van der Waals surface area (Å²) in [5.74, 6) is -0.459. The van der Waals surface area contributed by atoms with E-state index in [1.165, 1.54) is 7.11 Å². The molecular weight excluding hydrogens is 658 g/mol. The molecule has 2 aromatic heterocycles. The number of aliphatic hydroxyl groups is 1. The van der Waals surface area contributed by atoms with E-state index in [-0.39, 0.29) is 11.4 Å². The fourth-order valence-electron chi connectivity index (χ4n) is 5.86. The van der Waals surface area contributed by atoms with Gasteiger partial charge in [0, 0.05) is 34.6 Å². The number of ether oxygens (including phenoxy) is 6. The van der Waals surface area contributed by atoms with Crippen molar-refractivity contribution in [2.75, 3.05) is 19.0 Å². The monoisotopic (exact) mass is 691 g/mol. The molecule has 1 amide bonds. The average Bonchev–Trinajstić information content (AvgIpc) is 3.79. The van der Waals surface area contributed by atoms with Crippen molar-refractivity contribution < 1.29 is 47.9 Å². The summed E-state index contributed by atoms with van der Waals surface area (Å²) >= 11 is 0. The van der Waals surface area contributed by atoms with Crippen LogP contribution in [0.4, 0.5) is 10.5 Å². The first-order chi connectivity index (χ1) is 24.9. The topological polar surface area (TPSA) is 170 Å². The molecule has 3 heterocycles. The Kier molecular flexibility index (Phi) is 9.65. The largest absolute Gasteiger partial charge is 0.457 e. The predicted octanol–water partition coefficient (Wildman–Crippen LogP) is 6.17. The van der Waals surface area contributed by atoms with Crippen molar-refractivity contribution in [1.82, 2.24) is 9.97 Å². The number of carbonyl (C=O) groups excluding carboxylic acids is 3. The summed E-state index contributed by atoms with van der Waals surface area (Å²) in [6, 6.07) is 33.5. The standard InChI is InChI=1S/C38H33N3O10/c1-46-37-34(50-36(44)30-20-23-10-6-8-14-28(23)41-30)33(49-35(43)29-19-22-9-5-7-13-27(22)40-29)32(31(21-42)48-37)51-38(45)39-24-15-17-26(18-16-24)47-25-11-3-2-4-12-25/h2-20,31-34,37,40-42H,21H2,1H3,(H,39,45)/t31-,32-,33+,34-,37+/m1/s1. The van der Waals surface area contributed by atoms with Gasteiger partial charge in [-0.25, -0.2) is 14.4 Å². The quantitative estimate of drug-likeness (QED) is 0.0962. The van der Waals surface area contributed by atoms with Crippen LogP contribution in [-0.2, 0) is 23.7 Å². The molecule has 13 nitrogen and oxygen atoms in total. The molecule has 1 aliphatic rings. The molecule has 5 atom stereocenters. The molecule has 13 heteroatoms. The van der Waals surface area contributed by atoms with Crippen molar-refractivity contribution in [3.05, 3.63) is 127 Å². The number of hydrogen-bond donors (Lipinski definition) is 4. The average molecular weight is 692 g/mol. The summed E-state index contributed by atoms with van der Waals surface area (Å²) in [4.78, 5) is 46.6. The number of para-hydroxylation sites is 3. The van der Waals surface area contributed by atoms with Gasteiger partial charge in [-0.3, -0.25) is 5.32 Å². The smallest absolute Gasteiger partial charge is 0.412 e. The van der Waals surface area contributed by atoms with Gasteiger partial charge in [-0.1, -0.05) is 54.6 Å². The molecule has 7 rings (SSSR count). The molecule has 6 aromatic rings. The van der Waals surface area contributed by atoms with E-state index in [9.17, 15) is 19.5 Å². The Bertz CT molecular complexity index is 2080. The maximum Gasteiger partial charge on any atom is 0.412 e. The number of anilines is 1. The van der Waals surface area contributed by atoms with Crippen LogP contribution in [0, 0.1) is 0 Å². The van der Waals surface area contributed by atoms with Gasteiger partial charge in [0.2, 0.25) is 0 Å². The zero-order valence-corrected chi connectivity index (χ0v) is 27.2. The number of methoxy groups -OCH3 is 1. The van der Waals surface area contributed by atoms with Crippen LogP contribution in [0.5, 0.6) is 11.5 Å². The Balaban J connectivity index is 1.15. The number of H-pyrrole nitrogens is 2. The van der Waals surface area contributed by atoms with Crippen molar-refractivity contribution in [2.24, 2.45) is 0 Å². The molecule has 0 bridgehead atoms. The lowest BCUT2D eigenvalue weighted by molar-refractivity contribution is -0.291. The lowest BCUT2D eigenvalue weighted by atomic mass is 9.98. The third kappa shape index (κ3) is 7.40. The van der Waals surface area contributed by atoms with E-state index in [1.54, 1.807) is 48.5 Å². The summed E-state index contributed by atoms with van der Waals surface area (Å²) in [7, 11) is 1.30. The van der Waals surface area contributed by atoms with Crippen LogP contribution < -0.4 is 10.1 Å². The molecule has 0 aliphatic carbocycles. The minimum atomic E-state index is -1.50. The maximum absolute atomic E-state index is 13.7. The van der Waals surface area contributed by atoms with Gasteiger partial charge in [0.05, 0.1) is 6.61 Å². The number of esters is 2. The second-order valence-corrected chi connectivity index (χ2v) is 11.7. The Labute approximate surface area is 291 Å². The van der Waals surface area contributed by atoms with Gasteiger partial charge in [-0.15, -0.1) is 0 Å². The van der Waals surface area contributed by atoms with E-state index in [2.05, 4.69) is 15.3 Å². The Morgan fingerprint density at radius 2 is 1.24 bits per heavy atom. The SMILES string of the molecule is CO[C@H]1O[C@H](CO)[C@@H](OC(=O)Nc2ccc(Oc3ccccc3)cc2)[C@H](OC(=O)c2cc3ccccc3[nH]2)[C@H]1OC(=O)c1cc2ccccc2[nH]1. The molecule has 1 saturated heterocycles. The number of aromatic amines is 2. The van der Waals surface area contributed by atoms with Gasteiger partial charge in [-0.05, 0) is 60.7 Å². The van der Waals surface area contributed by atoms with Crippen LogP contribution in [-0.4, -0.2) is 77.5 Å². The first-order valence-electron chi connectivity index (χ1n) is 16.1. The highest BCUT2D eigenvalue weighted by molar-refractivity contribution is 5.96. The van der Waals surface area contributed by atoms with Crippen molar-refractivity contribution >= 4 is 45.5 Å². The highest BCUT2D eigenvalue weighted by Gasteiger charge is 2.53. The van der Waals surface area contributed by atoms with Crippen LogP contribution in [0.1, 0.15) is 21.0 Å². The molecule has 4 N–H and O–H groups in total. The lowest BCUT2D eigenvalue weighted by Crippen LogP contribution is -2.63. The minimum absolute atomic E-state index is 0.0962. The molecule has 51 heavy (non-hydrogen) atoms. The first kappa shape index (κ1) is 33.4. The molecule has 260 valence electrons. The van der Waals surface area contributed by atoms with Crippen LogP contribution in [0.2, 0.25) is 0 Å². The highest BCUT2D eigenvalue weighted by atomic mass is 16.7.